The molecule has 1 atom stereocenters. The maximum Gasteiger partial charge on any atom is 0.294 e. The van der Waals surface area contributed by atoms with Crippen molar-refractivity contribution in [2.24, 2.45) is 0 Å². The lowest BCUT2D eigenvalue weighted by Gasteiger charge is -2.18. The standard InChI is InChI=1S/C22H20N2O6S/c25-12-16(8-14-4-2-1-3-5-14)23-20(26)11-24-21(27)19(31-22(24)28)10-15-6-7-17-18(9-15)30-13-29-17/h1-7,9-10,16,25H,8,11-13H2,(H,23,26)/b19-10-. The second-order valence-electron chi connectivity index (χ2n) is 7.02. The van der Waals surface area contributed by atoms with Crippen LogP contribution in [0.1, 0.15) is 11.1 Å². The third-order valence-electron chi connectivity index (χ3n) is 4.78. The first-order chi connectivity index (χ1) is 15.0. The molecule has 2 N–H and O–H groups in total. The van der Waals surface area contributed by atoms with Gasteiger partial charge in [-0.1, -0.05) is 36.4 Å². The van der Waals surface area contributed by atoms with Crippen LogP contribution >= 0.6 is 11.8 Å². The van der Waals surface area contributed by atoms with Crippen LogP contribution in [0.25, 0.3) is 6.08 Å². The fourth-order valence-electron chi connectivity index (χ4n) is 3.27. The average Bonchev–Trinajstić information content (AvgIpc) is 3.33. The van der Waals surface area contributed by atoms with E-state index >= 15 is 0 Å². The zero-order chi connectivity index (χ0) is 21.8. The molecule has 0 aliphatic carbocycles. The minimum Gasteiger partial charge on any atom is -0.454 e. The third-order valence-corrected chi connectivity index (χ3v) is 5.69. The van der Waals surface area contributed by atoms with Crippen LogP contribution in [0.5, 0.6) is 11.5 Å². The minimum atomic E-state index is -0.536. The highest BCUT2D eigenvalue weighted by Gasteiger charge is 2.36. The van der Waals surface area contributed by atoms with E-state index in [1.165, 1.54) is 0 Å². The fourth-order valence-corrected chi connectivity index (χ4v) is 4.11. The van der Waals surface area contributed by atoms with Gasteiger partial charge in [0, 0.05) is 0 Å². The maximum atomic E-state index is 12.7. The highest BCUT2D eigenvalue weighted by molar-refractivity contribution is 8.18. The number of fused-ring (bicyclic) bond motifs is 1. The number of hydrogen-bond acceptors (Lipinski definition) is 7. The van der Waals surface area contributed by atoms with Crippen molar-refractivity contribution in [3.8, 4) is 11.5 Å². The molecule has 0 radical (unpaired) electrons. The maximum absolute atomic E-state index is 12.7. The smallest absolute Gasteiger partial charge is 0.294 e. The normalized spacial score (nSPS) is 17.3. The number of aliphatic hydroxyl groups excluding tert-OH is 1. The van der Waals surface area contributed by atoms with E-state index in [1.807, 2.05) is 30.3 Å². The summed E-state index contributed by atoms with van der Waals surface area (Å²) in [6.45, 7) is -0.523. The molecule has 2 heterocycles. The van der Waals surface area contributed by atoms with Crippen LogP contribution < -0.4 is 14.8 Å². The van der Waals surface area contributed by atoms with E-state index < -0.39 is 29.6 Å². The first kappa shape index (κ1) is 21.0. The lowest BCUT2D eigenvalue weighted by atomic mass is 10.1. The van der Waals surface area contributed by atoms with Crippen molar-refractivity contribution in [1.82, 2.24) is 10.2 Å². The first-order valence-corrected chi connectivity index (χ1v) is 10.4. The Morgan fingerprint density at radius 3 is 2.71 bits per heavy atom. The van der Waals surface area contributed by atoms with E-state index in [9.17, 15) is 19.5 Å². The van der Waals surface area contributed by atoms with Crippen LogP contribution in [0.15, 0.2) is 53.4 Å². The van der Waals surface area contributed by atoms with Gasteiger partial charge < -0.3 is 19.9 Å². The molecule has 8 nitrogen and oxygen atoms in total. The minimum absolute atomic E-state index is 0.142. The molecule has 0 spiro atoms. The number of thioether (sulfide) groups is 1. The second-order valence-corrected chi connectivity index (χ2v) is 8.01. The summed E-state index contributed by atoms with van der Waals surface area (Å²) in [6.07, 6.45) is 2.02. The highest BCUT2D eigenvalue weighted by atomic mass is 32.2. The summed E-state index contributed by atoms with van der Waals surface area (Å²) in [5.74, 6) is 0.143. The van der Waals surface area contributed by atoms with Crippen LogP contribution in [0.4, 0.5) is 4.79 Å². The van der Waals surface area contributed by atoms with Crippen molar-refractivity contribution in [3.05, 3.63) is 64.6 Å². The summed E-state index contributed by atoms with van der Waals surface area (Å²) in [7, 11) is 0. The lowest BCUT2D eigenvalue weighted by molar-refractivity contribution is -0.129. The van der Waals surface area contributed by atoms with Gasteiger partial charge in [-0.3, -0.25) is 19.3 Å². The molecular weight excluding hydrogens is 420 g/mol. The van der Waals surface area contributed by atoms with Gasteiger partial charge in [0.05, 0.1) is 17.6 Å². The molecule has 4 rings (SSSR count). The van der Waals surface area contributed by atoms with Gasteiger partial charge in [0.25, 0.3) is 11.1 Å². The molecule has 31 heavy (non-hydrogen) atoms. The number of ether oxygens (including phenoxy) is 2. The van der Waals surface area contributed by atoms with Gasteiger partial charge in [-0.15, -0.1) is 0 Å². The number of carbonyl (C=O) groups is 3. The number of rotatable bonds is 7. The first-order valence-electron chi connectivity index (χ1n) is 9.62. The molecule has 1 saturated heterocycles. The van der Waals surface area contributed by atoms with Crippen molar-refractivity contribution in [1.29, 1.82) is 0 Å². The van der Waals surface area contributed by atoms with E-state index in [0.717, 1.165) is 22.2 Å². The van der Waals surface area contributed by atoms with Crippen LogP contribution in [-0.2, 0) is 16.0 Å². The summed E-state index contributed by atoms with van der Waals surface area (Å²) >= 11 is 0.776. The molecular formula is C22H20N2O6S. The molecule has 160 valence electrons. The monoisotopic (exact) mass is 440 g/mol. The SMILES string of the molecule is O=C(CN1C(=O)S/C(=C\c2ccc3c(c2)OCO3)C1=O)NC(CO)Cc1ccccc1. The Bertz CT molecular complexity index is 1040. The summed E-state index contributed by atoms with van der Waals surface area (Å²) in [5, 5.41) is 11.7. The molecule has 1 fully saturated rings. The van der Waals surface area contributed by atoms with Crippen molar-refractivity contribution in [2.75, 3.05) is 19.9 Å². The number of carbonyl (C=O) groups excluding carboxylic acids is 3. The summed E-state index contributed by atoms with van der Waals surface area (Å²) in [4.78, 5) is 38.5. The molecule has 2 aromatic rings. The Morgan fingerprint density at radius 1 is 1.16 bits per heavy atom. The lowest BCUT2D eigenvalue weighted by Crippen LogP contribution is -2.45. The predicted octanol–water partition coefficient (Wildman–Crippen LogP) is 2.17. The molecule has 1 unspecified atom stereocenters. The van der Waals surface area contributed by atoms with Crippen molar-refractivity contribution in [3.63, 3.8) is 0 Å². The van der Waals surface area contributed by atoms with E-state index in [2.05, 4.69) is 5.32 Å². The number of aliphatic hydroxyl groups is 1. The molecule has 2 aliphatic heterocycles. The van der Waals surface area contributed by atoms with Crippen molar-refractivity contribution >= 4 is 34.9 Å². The quantitative estimate of drug-likeness (QED) is 0.636. The van der Waals surface area contributed by atoms with E-state index in [0.29, 0.717) is 23.5 Å². The largest absolute Gasteiger partial charge is 0.454 e. The Morgan fingerprint density at radius 2 is 1.94 bits per heavy atom. The zero-order valence-corrected chi connectivity index (χ0v) is 17.3. The summed E-state index contributed by atoms with van der Waals surface area (Å²) < 4.78 is 10.6. The predicted molar refractivity (Wildman–Crippen MR) is 114 cm³/mol. The second kappa shape index (κ2) is 9.23. The number of nitrogens with zero attached hydrogens (tertiary/aromatic N) is 1. The summed E-state index contributed by atoms with van der Waals surface area (Å²) in [6, 6.07) is 14.1. The molecule has 3 amide bonds. The zero-order valence-electron chi connectivity index (χ0n) is 16.4. The van der Waals surface area contributed by atoms with Gasteiger partial charge in [0.1, 0.15) is 6.54 Å². The van der Waals surface area contributed by atoms with Crippen LogP contribution in [0.3, 0.4) is 0 Å². The number of imide groups is 1. The van der Waals surface area contributed by atoms with Gasteiger partial charge in [-0.25, -0.2) is 0 Å². The van der Waals surface area contributed by atoms with Crippen molar-refractivity contribution < 1.29 is 29.0 Å². The molecule has 0 saturated carbocycles. The van der Waals surface area contributed by atoms with Gasteiger partial charge in [0.2, 0.25) is 12.7 Å². The van der Waals surface area contributed by atoms with Gasteiger partial charge in [-0.05, 0) is 47.5 Å². The number of benzene rings is 2. The van der Waals surface area contributed by atoms with E-state index in [1.54, 1.807) is 24.3 Å². The summed E-state index contributed by atoms with van der Waals surface area (Å²) in [5.41, 5.74) is 1.64. The molecule has 2 aliphatic rings. The molecule has 9 heteroatoms. The number of hydrogen-bond donors (Lipinski definition) is 2. The number of amides is 3. The van der Waals surface area contributed by atoms with Crippen LogP contribution in [0.2, 0.25) is 0 Å². The number of nitrogens with one attached hydrogen (secondary N) is 1. The topological polar surface area (TPSA) is 105 Å². The average molecular weight is 440 g/mol. The van der Waals surface area contributed by atoms with Gasteiger partial charge in [-0.2, -0.15) is 0 Å². The Balaban J connectivity index is 1.39. The van der Waals surface area contributed by atoms with E-state index in [4.69, 9.17) is 9.47 Å². The highest BCUT2D eigenvalue weighted by Crippen LogP contribution is 2.36. The van der Waals surface area contributed by atoms with Crippen LogP contribution in [-0.4, -0.2) is 53.0 Å². The third kappa shape index (κ3) is 4.89. The van der Waals surface area contributed by atoms with Gasteiger partial charge >= 0.3 is 0 Å². The fraction of sp³-hybridized carbons (Fsp3) is 0.227. The van der Waals surface area contributed by atoms with E-state index in [-0.39, 0.29) is 18.3 Å². The van der Waals surface area contributed by atoms with Gasteiger partial charge in [0.15, 0.2) is 11.5 Å². The van der Waals surface area contributed by atoms with Crippen LogP contribution in [0, 0.1) is 0 Å². The van der Waals surface area contributed by atoms with Crippen molar-refractivity contribution in [2.45, 2.75) is 12.5 Å². The Kier molecular flexibility index (Phi) is 6.24. The Labute approximate surface area is 182 Å². The molecule has 0 aromatic heterocycles. The molecule has 2 aromatic carbocycles. The molecule has 0 bridgehead atoms. The Hall–Kier alpha value is -3.30.